The number of aliphatic imine (C=N–C) groups is 1. The van der Waals surface area contributed by atoms with Crippen LogP contribution < -0.4 is 16.0 Å². The van der Waals surface area contributed by atoms with Gasteiger partial charge >= 0.3 is 6.18 Å². The van der Waals surface area contributed by atoms with Gasteiger partial charge in [0, 0.05) is 30.7 Å². The Morgan fingerprint density at radius 2 is 2.00 bits per heavy atom. The second kappa shape index (κ2) is 9.54. The zero-order valence-electron chi connectivity index (χ0n) is 15.4. The minimum atomic E-state index is -4.44. The molecule has 2 aromatic rings. The van der Waals surface area contributed by atoms with Crippen LogP contribution in [0.2, 0.25) is 0 Å². The number of aryl methyl sites for hydroxylation is 2. The maximum Gasteiger partial charge on any atom is 0.419 e. The van der Waals surface area contributed by atoms with E-state index in [0.29, 0.717) is 25.6 Å². The monoisotopic (exact) mass is 400 g/mol. The Hall–Kier alpha value is -2.36. The van der Waals surface area contributed by atoms with Gasteiger partial charge in [0.15, 0.2) is 5.96 Å². The van der Waals surface area contributed by atoms with Crippen molar-refractivity contribution < 1.29 is 13.2 Å². The van der Waals surface area contributed by atoms with E-state index in [-0.39, 0.29) is 12.4 Å². The highest BCUT2D eigenvalue weighted by atomic mass is 32.1. The normalized spacial score (nSPS) is 12.1. The van der Waals surface area contributed by atoms with Gasteiger partial charge < -0.3 is 16.0 Å². The largest absolute Gasteiger partial charge is 0.419 e. The van der Waals surface area contributed by atoms with Crippen molar-refractivity contribution >= 4 is 23.1 Å². The Morgan fingerprint density at radius 1 is 1.22 bits per heavy atom. The van der Waals surface area contributed by atoms with Crippen molar-refractivity contribution in [2.45, 2.75) is 33.5 Å². The van der Waals surface area contributed by atoms with Crippen molar-refractivity contribution in [2.24, 2.45) is 4.99 Å². The molecule has 6 nitrogen and oxygen atoms in total. The van der Waals surface area contributed by atoms with Crippen LogP contribution in [0.1, 0.15) is 28.1 Å². The third kappa shape index (κ3) is 6.38. The van der Waals surface area contributed by atoms with Crippen LogP contribution in [-0.2, 0) is 12.7 Å². The van der Waals surface area contributed by atoms with E-state index in [1.807, 2.05) is 20.8 Å². The number of nitrogens with one attached hydrogen (secondary N) is 3. The number of aromatic nitrogens is 2. The molecule has 2 aromatic heterocycles. The number of hydrogen-bond acceptors (Lipinski definition) is 5. The summed E-state index contributed by atoms with van der Waals surface area (Å²) in [6, 6.07) is 2.27. The molecule has 0 amide bonds. The Balaban J connectivity index is 1.89. The molecule has 0 atom stereocenters. The molecule has 0 fully saturated rings. The van der Waals surface area contributed by atoms with E-state index in [0.717, 1.165) is 21.6 Å². The average molecular weight is 400 g/mol. The van der Waals surface area contributed by atoms with Crippen molar-refractivity contribution in [3.63, 3.8) is 0 Å². The molecule has 0 spiro atoms. The lowest BCUT2D eigenvalue weighted by Crippen LogP contribution is -2.39. The van der Waals surface area contributed by atoms with Gasteiger partial charge in [-0.15, -0.1) is 11.3 Å². The number of hydrogen-bond donors (Lipinski definition) is 3. The fourth-order valence-corrected chi connectivity index (χ4v) is 3.09. The van der Waals surface area contributed by atoms with Crippen molar-refractivity contribution in [3.05, 3.63) is 39.5 Å². The summed E-state index contributed by atoms with van der Waals surface area (Å²) < 4.78 is 38.8. The molecule has 2 heterocycles. The molecule has 3 N–H and O–H groups in total. The van der Waals surface area contributed by atoms with E-state index in [2.05, 4.69) is 30.9 Å². The summed E-state index contributed by atoms with van der Waals surface area (Å²) in [7, 11) is 0. The number of guanidine groups is 1. The van der Waals surface area contributed by atoms with Crippen LogP contribution >= 0.6 is 11.3 Å². The lowest BCUT2D eigenvalue weighted by atomic mass is 10.2. The number of anilines is 1. The molecule has 0 radical (unpaired) electrons. The van der Waals surface area contributed by atoms with E-state index < -0.39 is 11.7 Å². The van der Waals surface area contributed by atoms with Gasteiger partial charge in [-0.2, -0.15) is 13.2 Å². The molecule has 2 rings (SSSR count). The first-order valence-corrected chi connectivity index (χ1v) is 9.34. The predicted octanol–water partition coefficient (Wildman–Crippen LogP) is 3.34. The summed E-state index contributed by atoms with van der Waals surface area (Å²) in [5.41, 5.74) is 0.225. The molecule has 0 aliphatic carbocycles. The van der Waals surface area contributed by atoms with Gasteiger partial charge in [-0.05, 0) is 32.9 Å². The van der Waals surface area contributed by atoms with Gasteiger partial charge in [-0.1, -0.05) is 0 Å². The lowest BCUT2D eigenvalue weighted by molar-refractivity contribution is -0.137. The molecule has 0 unspecified atom stereocenters. The number of rotatable bonds is 7. The first-order valence-electron chi connectivity index (χ1n) is 8.52. The smallest absolute Gasteiger partial charge is 0.368 e. The van der Waals surface area contributed by atoms with Gasteiger partial charge in [-0.25, -0.2) is 15.0 Å². The van der Waals surface area contributed by atoms with Gasteiger partial charge in [0.25, 0.3) is 0 Å². The van der Waals surface area contributed by atoms with Crippen molar-refractivity contribution in [3.8, 4) is 0 Å². The van der Waals surface area contributed by atoms with E-state index >= 15 is 0 Å². The van der Waals surface area contributed by atoms with Gasteiger partial charge in [-0.3, -0.25) is 0 Å². The number of alkyl halides is 3. The summed E-state index contributed by atoms with van der Waals surface area (Å²) in [4.78, 5) is 13.8. The summed E-state index contributed by atoms with van der Waals surface area (Å²) >= 11 is 1.60. The van der Waals surface area contributed by atoms with Crippen molar-refractivity contribution in [2.75, 3.05) is 25.0 Å². The minimum Gasteiger partial charge on any atom is -0.368 e. The zero-order chi connectivity index (χ0) is 19.9. The molecule has 0 aromatic carbocycles. The highest BCUT2D eigenvalue weighted by Crippen LogP contribution is 2.33. The van der Waals surface area contributed by atoms with Crippen LogP contribution in [0, 0.1) is 13.8 Å². The van der Waals surface area contributed by atoms with Gasteiger partial charge in [0.2, 0.25) is 0 Å². The first kappa shape index (κ1) is 20.9. The quantitative estimate of drug-likeness (QED) is 0.378. The van der Waals surface area contributed by atoms with Crippen LogP contribution in [0.4, 0.5) is 19.0 Å². The molecule has 0 aliphatic rings. The van der Waals surface area contributed by atoms with Gasteiger partial charge in [0.1, 0.15) is 10.8 Å². The minimum absolute atomic E-state index is 0.178. The average Bonchev–Trinajstić information content (AvgIpc) is 2.94. The number of pyridine rings is 1. The van der Waals surface area contributed by atoms with Gasteiger partial charge in [0.05, 0.1) is 17.8 Å². The summed E-state index contributed by atoms with van der Waals surface area (Å²) in [5.74, 6) is 0.407. The molecule has 27 heavy (non-hydrogen) atoms. The standard InChI is InChI=1S/C17H23F3N6S/c1-4-21-16(25-10-14-26-11(2)12(3)27-14)24-9-8-23-15-13(17(18,19)20)6-5-7-22-15/h5-7H,4,8-10H2,1-3H3,(H,22,23)(H2,21,24,25). The Morgan fingerprint density at radius 3 is 2.63 bits per heavy atom. The number of thiazole rings is 1. The molecule has 0 saturated carbocycles. The Labute approximate surface area is 160 Å². The maximum atomic E-state index is 12.9. The molecular formula is C17H23F3N6S. The fraction of sp³-hybridized carbons (Fsp3) is 0.471. The highest BCUT2D eigenvalue weighted by molar-refractivity contribution is 7.11. The van der Waals surface area contributed by atoms with Crippen LogP contribution in [-0.4, -0.2) is 35.6 Å². The predicted molar refractivity (Wildman–Crippen MR) is 102 cm³/mol. The molecule has 10 heteroatoms. The first-order chi connectivity index (χ1) is 12.8. The highest BCUT2D eigenvalue weighted by Gasteiger charge is 2.33. The maximum absolute atomic E-state index is 12.9. The molecule has 0 saturated heterocycles. The summed E-state index contributed by atoms with van der Waals surface area (Å²) in [6.07, 6.45) is -3.11. The SMILES string of the molecule is CCNC(=NCc1nc(C)c(C)s1)NCCNc1ncccc1C(F)(F)F. The zero-order valence-corrected chi connectivity index (χ0v) is 16.3. The van der Waals surface area contributed by atoms with Crippen LogP contribution in [0.25, 0.3) is 0 Å². The van der Waals surface area contributed by atoms with E-state index in [1.165, 1.54) is 12.3 Å². The molecule has 0 aliphatic heterocycles. The van der Waals surface area contributed by atoms with E-state index in [9.17, 15) is 13.2 Å². The third-order valence-corrected chi connectivity index (χ3v) is 4.67. The van der Waals surface area contributed by atoms with E-state index in [1.54, 1.807) is 11.3 Å². The molecule has 148 valence electrons. The van der Waals surface area contributed by atoms with Crippen molar-refractivity contribution in [1.82, 2.24) is 20.6 Å². The van der Waals surface area contributed by atoms with E-state index in [4.69, 9.17) is 0 Å². The Kier molecular flexibility index (Phi) is 7.40. The van der Waals surface area contributed by atoms with Crippen molar-refractivity contribution in [1.29, 1.82) is 0 Å². The summed E-state index contributed by atoms with van der Waals surface area (Å²) in [6.45, 7) is 7.68. The number of halogens is 3. The second-order valence-corrected chi connectivity index (χ2v) is 6.98. The van der Waals surface area contributed by atoms with Crippen LogP contribution in [0.15, 0.2) is 23.3 Å². The second-order valence-electron chi connectivity index (χ2n) is 5.70. The van der Waals surface area contributed by atoms with Crippen LogP contribution in [0.5, 0.6) is 0 Å². The number of nitrogens with zero attached hydrogens (tertiary/aromatic N) is 3. The summed E-state index contributed by atoms with van der Waals surface area (Å²) in [5, 5.41) is 9.82. The third-order valence-electron chi connectivity index (χ3n) is 3.61. The molecule has 0 bridgehead atoms. The molecular weight excluding hydrogens is 377 g/mol. The fourth-order valence-electron chi connectivity index (χ4n) is 2.23. The lowest BCUT2D eigenvalue weighted by Gasteiger charge is -2.14. The topological polar surface area (TPSA) is 74.2 Å². The Bertz CT molecular complexity index is 753. The van der Waals surface area contributed by atoms with Crippen LogP contribution in [0.3, 0.4) is 0 Å².